The highest BCUT2D eigenvalue weighted by molar-refractivity contribution is 6.66. The van der Waals surface area contributed by atoms with E-state index in [-0.39, 0.29) is 6.10 Å². The first-order valence-corrected chi connectivity index (χ1v) is 11.0. The number of rotatable bonds is 11. The molecule has 1 rings (SSSR count). The van der Waals surface area contributed by atoms with Crippen LogP contribution in [0.15, 0.2) is 0 Å². The lowest BCUT2D eigenvalue weighted by Gasteiger charge is -2.32. The fraction of sp³-hybridized carbons (Fsp3) is 1.00. The Balaban J connectivity index is 2.30. The first-order chi connectivity index (χ1) is 10.1. The Bertz CT molecular complexity index is 265. The van der Waals surface area contributed by atoms with Crippen LogP contribution in [0, 0.1) is 0 Å². The molecule has 2 unspecified atom stereocenters. The molecule has 2 N–H and O–H groups in total. The Hall–Kier alpha value is 0.0169. The van der Waals surface area contributed by atoms with Crippen molar-refractivity contribution in [2.45, 2.75) is 45.4 Å². The van der Waals surface area contributed by atoms with E-state index in [4.69, 9.17) is 8.85 Å². The molecule has 0 aromatic carbocycles. The lowest BCUT2D eigenvalue weighted by atomic mass is 10.2. The summed E-state index contributed by atoms with van der Waals surface area (Å²) in [6.07, 6.45) is 2.52. The summed E-state index contributed by atoms with van der Waals surface area (Å²) in [6.45, 7) is 14.0. The number of hydrogen-bond donors (Lipinski definition) is 2. The van der Waals surface area contributed by atoms with Crippen molar-refractivity contribution < 1.29 is 8.85 Å². The fourth-order valence-electron chi connectivity index (χ4n) is 2.84. The third-order valence-electron chi connectivity index (χ3n) is 4.02. The molecule has 2 atom stereocenters. The zero-order chi connectivity index (χ0) is 15.6. The zero-order valence-corrected chi connectivity index (χ0v) is 15.4. The fourth-order valence-corrected chi connectivity index (χ4v) is 5.57. The molecule has 5 nitrogen and oxygen atoms in total. The molecule has 1 heterocycles. The Morgan fingerprint density at radius 3 is 2.67 bits per heavy atom. The minimum absolute atomic E-state index is 0.290. The Labute approximate surface area is 132 Å². The van der Waals surface area contributed by atoms with E-state index in [1.54, 1.807) is 0 Å². The van der Waals surface area contributed by atoms with Gasteiger partial charge in [0, 0.05) is 45.4 Å². The molecule has 0 aliphatic carbocycles. The van der Waals surface area contributed by atoms with Gasteiger partial charge in [-0.05, 0) is 52.9 Å². The zero-order valence-electron chi connectivity index (χ0n) is 14.4. The van der Waals surface area contributed by atoms with E-state index in [0.29, 0.717) is 0 Å². The molecule has 0 saturated carbocycles. The topological polar surface area (TPSA) is 45.8 Å². The summed E-state index contributed by atoms with van der Waals surface area (Å²) >= 11 is 0. The number of nitrogens with one attached hydrogen (secondary N) is 2. The van der Waals surface area contributed by atoms with Crippen molar-refractivity contribution in [1.82, 2.24) is 15.5 Å². The quantitative estimate of drug-likeness (QED) is 0.446. The third kappa shape index (κ3) is 8.28. The minimum Gasteiger partial charge on any atom is -0.395 e. The summed E-state index contributed by atoms with van der Waals surface area (Å²) in [5.74, 6) is 0. The Kier molecular flexibility index (Phi) is 9.71. The van der Waals surface area contributed by atoms with Gasteiger partial charge < -0.3 is 24.4 Å². The molecule has 1 fully saturated rings. The Morgan fingerprint density at radius 1 is 1.33 bits per heavy atom. The number of hydrogen-bond acceptors (Lipinski definition) is 5. The third-order valence-corrected chi connectivity index (χ3v) is 7.08. The average Bonchev–Trinajstić information content (AvgIpc) is 2.47. The van der Waals surface area contributed by atoms with E-state index in [1.165, 1.54) is 0 Å². The van der Waals surface area contributed by atoms with E-state index in [0.717, 1.165) is 64.8 Å². The van der Waals surface area contributed by atoms with Gasteiger partial charge in [-0.25, -0.2) is 0 Å². The van der Waals surface area contributed by atoms with Crippen molar-refractivity contribution in [3.63, 3.8) is 0 Å². The van der Waals surface area contributed by atoms with Crippen LogP contribution in [0.2, 0.25) is 12.6 Å². The van der Waals surface area contributed by atoms with Gasteiger partial charge in [-0.3, -0.25) is 0 Å². The first kappa shape index (κ1) is 19.1. The van der Waals surface area contributed by atoms with Crippen LogP contribution in [0.5, 0.6) is 0 Å². The highest BCUT2D eigenvalue weighted by Crippen LogP contribution is 2.19. The predicted molar refractivity (Wildman–Crippen MR) is 91.1 cm³/mol. The highest BCUT2D eigenvalue weighted by Gasteiger charge is 2.32. The van der Waals surface area contributed by atoms with Crippen molar-refractivity contribution in [3.8, 4) is 0 Å². The monoisotopic (exact) mass is 317 g/mol. The number of piperazine rings is 1. The van der Waals surface area contributed by atoms with Crippen molar-refractivity contribution in [2.75, 3.05) is 52.9 Å². The summed E-state index contributed by atoms with van der Waals surface area (Å²) in [7, 11) is -0.0108. The van der Waals surface area contributed by atoms with E-state index in [9.17, 15) is 0 Å². The molecule has 0 aromatic rings. The van der Waals surface area contributed by atoms with Gasteiger partial charge in [-0.1, -0.05) is 0 Å². The molecule has 6 heteroatoms. The van der Waals surface area contributed by atoms with E-state index in [2.05, 4.69) is 35.9 Å². The maximum Gasteiger partial charge on any atom is 0.335 e. The lowest BCUT2D eigenvalue weighted by molar-refractivity contribution is 0.110. The molecule has 0 radical (unpaired) electrons. The highest BCUT2D eigenvalue weighted by atomic mass is 28.4. The maximum atomic E-state index is 6.36. The van der Waals surface area contributed by atoms with Crippen molar-refractivity contribution in [1.29, 1.82) is 0 Å². The molecule has 1 aliphatic rings. The smallest absolute Gasteiger partial charge is 0.335 e. The van der Waals surface area contributed by atoms with Gasteiger partial charge >= 0.3 is 8.56 Å². The van der Waals surface area contributed by atoms with Gasteiger partial charge in [0.1, 0.15) is 0 Å². The SMILES string of the molecule is CCO[Si](C)(CCCNC)OC(C)CCN1CCNCC1. The maximum absolute atomic E-state index is 6.36. The van der Waals surface area contributed by atoms with Gasteiger partial charge in [0.05, 0.1) is 0 Å². The summed E-state index contributed by atoms with van der Waals surface area (Å²) in [6, 6.07) is 1.07. The van der Waals surface area contributed by atoms with Crippen LogP contribution in [-0.2, 0) is 8.85 Å². The van der Waals surface area contributed by atoms with Gasteiger partial charge in [-0.2, -0.15) is 0 Å². The van der Waals surface area contributed by atoms with Crippen LogP contribution in [0.25, 0.3) is 0 Å². The summed E-state index contributed by atoms with van der Waals surface area (Å²) < 4.78 is 12.4. The van der Waals surface area contributed by atoms with Crippen LogP contribution >= 0.6 is 0 Å². The van der Waals surface area contributed by atoms with Gasteiger partial charge in [-0.15, -0.1) is 0 Å². The molecule has 0 aromatic heterocycles. The first-order valence-electron chi connectivity index (χ1n) is 8.49. The van der Waals surface area contributed by atoms with Crippen LogP contribution in [0.1, 0.15) is 26.7 Å². The van der Waals surface area contributed by atoms with Gasteiger partial charge in [0.25, 0.3) is 0 Å². The second-order valence-corrected chi connectivity index (χ2v) is 9.37. The average molecular weight is 318 g/mol. The van der Waals surface area contributed by atoms with E-state index >= 15 is 0 Å². The van der Waals surface area contributed by atoms with Crippen LogP contribution in [0.3, 0.4) is 0 Å². The molecular weight excluding hydrogens is 282 g/mol. The summed E-state index contributed by atoms with van der Waals surface area (Å²) in [5, 5.41) is 6.60. The standard InChI is InChI=1S/C15H35N3O2Si/c1-5-19-21(4,14-6-8-16-3)20-15(2)7-11-18-12-9-17-10-13-18/h15-17H,5-14H2,1-4H3. The Morgan fingerprint density at radius 2 is 2.05 bits per heavy atom. The van der Waals surface area contributed by atoms with Gasteiger partial charge in [0.2, 0.25) is 0 Å². The molecule has 0 bridgehead atoms. The van der Waals surface area contributed by atoms with E-state index in [1.807, 2.05) is 7.05 Å². The van der Waals surface area contributed by atoms with Crippen molar-refractivity contribution in [2.24, 2.45) is 0 Å². The van der Waals surface area contributed by atoms with Crippen LogP contribution < -0.4 is 10.6 Å². The minimum atomic E-state index is -2.01. The normalized spacial score (nSPS) is 21.1. The molecule has 1 aliphatic heterocycles. The van der Waals surface area contributed by atoms with Crippen molar-refractivity contribution in [3.05, 3.63) is 0 Å². The molecular formula is C15H35N3O2Si. The summed E-state index contributed by atoms with van der Waals surface area (Å²) in [5.41, 5.74) is 0. The molecule has 0 spiro atoms. The number of nitrogens with zero attached hydrogens (tertiary/aromatic N) is 1. The molecule has 126 valence electrons. The predicted octanol–water partition coefficient (Wildman–Crippen LogP) is 1.40. The molecule has 21 heavy (non-hydrogen) atoms. The van der Waals surface area contributed by atoms with Gasteiger partial charge in [0.15, 0.2) is 0 Å². The largest absolute Gasteiger partial charge is 0.395 e. The van der Waals surface area contributed by atoms with Crippen LogP contribution in [0.4, 0.5) is 0 Å². The summed E-state index contributed by atoms with van der Waals surface area (Å²) in [4.78, 5) is 2.52. The van der Waals surface area contributed by atoms with Crippen molar-refractivity contribution >= 4 is 8.56 Å². The van der Waals surface area contributed by atoms with E-state index < -0.39 is 8.56 Å². The molecule has 1 saturated heterocycles. The molecule has 0 amide bonds. The van der Waals surface area contributed by atoms with Crippen LogP contribution in [-0.4, -0.2) is 72.5 Å². The second kappa shape index (κ2) is 10.7. The second-order valence-electron chi connectivity index (χ2n) is 6.08. The lowest BCUT2D eigenvalue weighted by Crippen LogP contribution is -2.45.